The Morgan fingerprint density at radius 1 is 0.717 bits per heavy atom. The average molecular weight is 647 g/mol. The summed E-state index contributed by atoms with van der Waals surface area (Å²) in [6, 6.07) is 26.7. The first-order chi connectivity index (χ1) is 21.7. The molecule has 3 aromatic rings. The van der Waals surface area contributed by atoms with Crippen molar-refractivity contribution in [3.63, 3.8) is 0 Å². The van der Waals surface area contributed by atoms with Gasteiger partial charge in [0, 0.05) is 0 Å². The maximum atomic E-state index is 14.3. The Bertz CT molecular complexity index is 1380. The predicted molar refractivity (Wildman–Crippen MR) is 183 cm³/mol. The number of carbonyl (C=O) groups excluding carboxylic acids is 3. The number of hydrogen-bond donors (Lipinski definition) is 2. The second kappa shape index (κ2) is 17.1. The number of nitrogens with one attached hydrogen (secondary N) is 2. The van der Waals surface area contributed by atoms with Crippen LogP contribution in [0.4, 0.5) is 4.79 Å². The molecule has 0 aliphatic rings. The molecule has 0 bridgehead atoms. The standard InChI is InChI=1S/C37H50N2O6Si/c1-27(2)23-32(35(41)43-25-29-19-13-9-14-20-29)38-34(40)33(45-46(6,7)37(3,4)5)31(24-28-17-11-8-12-18-28)39-36(42)44-26-30-21-15-10-16-22-30/h8-22,27,31-33H,23-26H2,1-7H3,(H,38,40)(H,39,42)/t31-,32+,33-/m1/s1. The first-order valence-corrected chi connectivity index (χ1v) is 18.9. The highest BCUT2D eigenvalue weighted by Gasteiger charge is 2.44. The fourth-order valence-electron chi connectivity index (χ4n) is 4.60. The van der Waals surface area contributed by atoms with Crippen LogP contribution < -0.4 is 10.6 Å². The van der Waals surface area contributed by atoms with Gasteiger partial charge in [0.1, 0.15) is 25.4 Å². The van der Waals surface area contributed by atoms with Crippen LogP contribution in [0.2, 0.25) is 18.1 Å². The van der Waals surface area contributed by atoms with Crippen molar-refractivity contribution in [1.29, 1.82) is 0 Å². The lowest BCUT2D eigenvalue weighted by Crippen LogP contribution is -2.59. The summed E-state index contributed by atoms with van der Waals surface area (Å²) in [6.45, 7) is 14.5. The molecule has 3 rings (SSSR count). The molecule has 2 N–H and O–H groups in total. The third kappa shape index (κ3) is 11.8. The van der Waals surface area contributed by atoms with Crippen LogP contribution in [0.15, 0.2) is 91.0 Å². The van der Waals surface area contributed by atoms with Gasteiger partial charge in [0.05, 0.1) is 6.04 Å². The molecule has 0 saturated carbocycles. The Balaban J connectivity index is 1.91. The van der Waals surface area contributed by atoms with Crippen molar-refractivity contribution < 1.29 is 28.3 Å². The van der Waals surface area contributed by atoms with Gasteiger partial charge in [-0.25, -0.2) is 9.59 Å². The topological polar surface area (TPSA) is 103 Å². The zero-order chi connectivity index (χ0) is 33.7. The number of amides is 2. The molecule has 8 nitrogen and oxygen atoms in total. The van der Waals surface area contributed by atoms with Gasteiger partial charge in [-0.2, -0.15) is 0 Å². The summed E-state index contributed by atoms with van der Waals surface area (Å²) >= 11 is 0. The number of carbonyl (C=O) groups is 3. The summed E-state index contributed by atoms with van der Waals surface area (Å²) in [6.07, 6.45) is -1.09. The van der Waals surface area contributed by atoms with E-state index in [2.05, 4.69) is 44.5 Å². The predicted octanol–water partition coefficient (Wildman–Crippen LogP) is 7.19. The molecule has 0 unspecified atom stereocenters. The molecular formula is C37H50N2O6Si. The first kappa shape index (κ1) is 36.5. The van der Waals surface area contributed by atoms with Gasteiger partial charge in [0.2, 0.25) is 0 Å². The second-order valence-electron chi connectivity index (χ2n) is 13.6. The Kier molecular flexibility index (Phi) is 13.6. The van der Waals surface area contributed by atoms with Crippen LogP contribution in [0, 0.1) is 5.92 Å². The molecular weight excluding hydrogens is 597 g/mol. The molecule has 0 fully saturated rings. The largest absolute Gasteiger partial charge is 0.459 e. The van der Waals surface area contributed by atoms with Gasteiger partial charge in [-0.1, -0.05) is 126 Å². The SMILES string of the molecule is CC(C)C[C@H](NC(=O)[C@H](O[Si](C)(C)C(C)(C)C)[C@@H](Cc1ccccc1)NC(=O)OCc1ccccc1)C(=O)OCc1ccccc1. The van der Waals surface area contributed by atoms with Gasteiger partial charge < -0.3 is 24.5 Å². The molecule has 2 amide bonds. The van der Waals surface area contributed by atoms with E-state index in [1.165, 1.54) is 0 Å². The molecule has 9 heteroatoms. The van der Waals surface area contributed by atoms with Crippen LogP contribution in [0.5, 0.6) is 0 Å². The molecule has 0 spiro atoms. The Morgan fingerprint density at radius 2 is 1.20 bits per heavy atom. The molecule has 0 saturated heterocycles. The fraction of sp³-hybridized carbons (Fsp3) is 0.432. The summed E-state index contributed by atoms with van der Waals surface area (Å²) < 4.78 is 18.0. The monoisotopic (exact) mass is 646 g/mol. The fourth-order valence-corrected chi connectivity index (χ4v) is 5.86. The van der Waals surface area contributed by atoms with E-state index in [1.807, 2.05) is 105 Å². The summed E-state index contributed by atoms with van der Waals surface area (Å²) in [5.74, 6) is -0.913. The minimum atomic E-state index is -2.57. The highest BCUT2D eigenvalue weighted by molar-refractivity contribution is 6.74. The van der Waals surface area contributed by atoms with E-state index < -0.39 is 44.5 Å². The number of hydrogen-bond acceptors (Lipinski definition) is 6. The van der Waals surface area contributed by atoms with Crippen LogP contribution in [0.3, 0.4) is 0 Å². The van der Waals surface area contributed by atoms with Crippen LogP contribution in [0.25, 0.3) is 0 Å². The van der Waals surface area contributed by atoms with E-state index >= 15 is 0 Å². The molecule has 0 aromatic heterocycles. The van der Waals surface area contributed by atoms with E-state index in [0.29, 0.717) is 12.8 Å². The van der Waals surface area contributed by atoms with Gasteiger partial charge in [-0.3, -0.25) is 4.79 Å². The first-order valence-electron chi connectivity index (χ1n) is 15.9. The van der Waals surface area contributed by atoms with E-state index in [9.17, 15) is 14.4 Å². The van der Waals surface area contributed by atoms with Gasteiger partial charge in [-0.05, 0) is 53.6 Å². The second-order valence-corrected chi connectivity index (χ2v) is 18.3. The number of ether oxygens (including phenoxy) is 2. The lowest BCUT2D eigenvalue weighted by Gasteiger charge is -2.41. The minimum absolute atomic E-state index is 0.0778. The normalized spacial score (nSPS) is 13.7. The highest BCUT2D eigenvalue weighted by atomic mass is 28.4. The van der Waals surface area contributed by atoms with Crippen molar-refractivity contribution in [1.82, 2.24) is 10.6 Å². The van der Waals surface area contributed by atoms with Crippen LogP contribution in [0.1, 0.15) is 57.7 Å². The quantitative estimate of drug-likeness (QED) is 0.134. The van der Waals surface area contributed by atoms with Crippen LogP contribution >= 0.6 is 0 Å². The number of alkyl carbamates (subject to hydrolysis) is 1. The molecule has 3 aromatic carbocycles. The molecule has 0 radical (unpaired) electrons. The maximum Gasteiger partial charge on any atom is 0.407 e. The Labute approximate surface area is 275 Å². The van der Waals surface area contributed by atoms with Crippen molar-refractivity contribution in [2.24, 2.45) is 5.92 Å². The summed E-state index contributed by atoms with van der Waals surface area (Å²) in [7, 11) is -2.57. The third-order valence-corrected chi connectivity index (χ3v) is 12.7. The molecule has 248 valence electrons. The molecule has 0 aliphatic carbocycles. The van der Waals surface area contributed by atoms with Crippen molar-refractivity contribution in [3.05, 3.63) is 108 Å². The molecule has 0 aliphatic heterocycles. The van der Waals surface area contributed by atoms with E-state index in [1.54, 1.807) is 0 Å². The van der Waals surface area contributed by atoms with Gasteiger partial charge in [-0.15, -0.1) is 0 Å². The van der Waals surface area contributed by atoms with E-state index in [4.69, 9.17) is 13.9 Å². The maximum absolute atomic E-state index is 14.3. The smallest absolute Gasteiger partial charge is 0.407 e. The molecule has 3 atom stereocenters. The number of rotatable bonds is 15. The summed E-state index contributed by atoms with van der Waals surface area (Å²) in [5, 5.41) is 5.65. The zero-order valence-electron chi connectivity index (χ0n) is 28.2. The van der Waals surface area contributed by atoms with Crippen molar-refractivity contribution in [2.45, 2.75) is 97.0 Å². The molecule has 0 heterocycles. The van der Waals surface area contributed by atoms with E-state index in [-0.39, 0.29) is 24.2 Å². The lowest BCUT2D eigenvalue weighted by molar-refractivity contribution is -0.150. The number of esters is 1. The molecule has 46 heavy (non-hydrogen) atoms. The Morgan fingerprint density at radius 3 is 1.67 bits per heavy atom. The van der Waals surface area contributed by atoms with Crippen molar-refractivity contribution in [3.8, 4) is 0 Å². The van der Waals surface area contributed by atoms with Gasteiger partial charge in [0.15, 0.2) is 8.32 Å². The lowest BCUT2D eigenvalue weighted by atomic mass is 9.99. The Hall–Kier alpha value is -3.95. The van der Waals surface area contributed by atoms with Gasteiger partial charge >= 0.3 is 12.1 Å². The summed E-state index contributed by atoms with van der Waals surface area (Å²) in [5.41, 5.74) is 2.61. The zero-order valence-corrected chi connectivity index (χ0v) is 29.2. The van der Waals surface area contributed by atoms with Crippen LogP contribution in [-0.2, 0) is 43.1 Å². The minimum Gasteiger partial charge on any atom is -0.459 e. The third-order valence-electron chi connectivity index (χ3n) is 8.20. The van der Waals surface area contributed by atoms with Crippen molar-refractivity contribution in [2.75, 3.05) is 0 Å². The highest BCUT2D eigenvalue weighted by Crippen LogP contribution is 2.38. The van der Waals surface area contributed by atoms with Crippen LogP contribution in [-0.4, -0.2) is 44.5 Å². The summed E-state index contributed by atoms with van der Waals surface area (Å²) in [4.78, 5) is 40.9. The number of benzene rings is 3. The average Bonchev–Trinajstić information content (AvgIpc) is 3.01. The van der Waals surface area contributed by atoms with E-state index in [0.717, 1.165) is 16.7 Å². The van der Waals surface area contributed by atoms with Gasteiger partial charge in [0.25, 0.3) is 5.91 Å². The van der Waals surface area contributed by atoms with Crippen molar-refractivity contribution >= 4 is 26.3 Å².